The summed E-state index contributed by atoms with van der Waals surface area (Å²) in [6.45, 7) is 2.95. The molecule has 2 heterocycles. The number of aromatic nitrogens is 5. The van der Waals surface area contributed by atoms with Crippen LogP contribution in [0.5, 0.6) is 0 Å². The Kier molecular flexibility index (Phi) is 5.82. The van der Waals surface area contributed by atoms with E-state index in [2.05, 4.69) is 44.0 Å². The van der Waals surface area contributed by atoms with Crippen molar-refractivity contribution in [2.24, 2.45) is 0 Å². The Balaban J connectivity index is 1.34. The van der Waals surface area contributed by atoms with Gasteiger partial charge in [0.05, 0.1) is 0 Å². The van der Waals surface area contributed by atoms with E-state index in [0.717, 1.165) is 47.2 Å². The number of hydrogen-bond donors (Lipinski definition) is 0. The minimum atomic E-state index is 0.640. The molecule has 0 N–H and O–H groups in total. The van der Waals surface area contributed by atoms with Crippen molar-refractivity contribution in [3.8, 4) is 22.8 Å². The first-order chi connectivity index (χ1) is 13.8. The summed E-state index contributed by atoms with van der Waals surface area (Å²) in [6.07, 6.45) is 1.68. The van der Waals surface area contributed by atoms with E-state index in [9.17, 15) is 0 Å². The van der Waals surface area contributed by atoms with Gasteiger partial charge in [-0.1, -0.05) is 77.6 Å². The van der Waals surface area contributed by atoms with Gasteiger partial charge in [0.15, 0.2) is 11.0 Å². The molecule has 0 unspecified atom stereocenters. The van der Waals surface area contributed by atoms with Gasteiger partial charge in [0.1, 0.15) is 0 Å². The summed E-state index contributed by atoms with van der Waals surface area (Å²) in [5.41, 5.74) is 2.05. The third-order valence-electron chi connectivity index (χ3n) is 4.33. The van der Waals surface area contributed by atoms with E-state index in [1.165, 1.54) is 0 Å². The van der Waals surface area contributed by atoms with Crippen molar-refractivity contribution in [3.63, 3.8) is 0 Å². The van der Waals surface area contributed by atoms with Crippen LogP contribution in [0.25, 0.3) is 22.8 Å². The molecule has 0 aliphatic heterocycles. The monoisotopic (exact) mass is 391 g/mol. The lowest BCUT2D eigenvalue weighted by atomic mass is 10.2. The second kappa shape index (κ2) is 8.84. The van der Waals surface area contributed by atoms with Gasteiger partial charge in [0.2, 0.25) is 11.7 Å². The van der Waals surface area contributed by atoms with E-state index >= 15 is 0 Å². The van der Waals surface area contributed by atoms with Crippen molar-refractivity contribution in [1.29, 1.82) is 0 Å². The van der Waals surface area contributed by atoms with Crippen molar-refractivity contribution < 1.29 is 4.52 Å². The number of aryl methyl sites for hydroxylation is 1. The van der Waals surface area contributed by atoms with Crippen LogP contribution in [0.1, 0.15) is 19.2 Å². The van der Waals surface area contributed by atoms with Gasteiger partial charge in [-0.2, -0.15) is 4.98 Å². The highest BCUT2D eigenvalue weighted by Crippen LogP contribution is 2.24. The van der Waals surface area contributed by atoms with E-state index < -0.39 is 0 Å². The summed E-state index contributed by atoms with van der Waals surface area (Å²) >= 11 is 1.71. The third kappa shape index (κ3) is 4.14. The van der Waals surface area contributed by atoms with Crippen LogP contribution in [-0.4, -0.2) is 30.7 Å². The molecule has 0 fully saturated rings. The molecule has 4 rings (SSSR count). The molecule has 6 nitrogen and oxygen atoms in total. The topological polar surface area (TPSA) is 69.6 Å². The van der Waals surface area contributed by atoms with Gasteiger partial charge in [-0.15, -0.1) is 10.2 Å². The Morgan fingerprint density at radius 2 is 1.64 bits per heavy atom. The Labute approximate surface area is 168 Å². The summed E-state index contributed by atoms with van der Waals surface area (Å²) in [4.78, 5) is 4.48. The van der Waals surface area contributed by atoms with Gasteiger partial charge in [0.25, 0.3) is 0 Å². The highest BCUT2D eigenvalue weighted by molar-refractivity contribution is 7.99. The molecule has 2 aromatic heterocycles. The second-order valence-electron chi connectivity index (χ2n) is 6.25. The molecule has 28 heavy (non-hydrogen) atoms. The first-order valence-electron chi connectivity index (χ1n) is 9.34. The van der Waals surface area contributed by atoms with Gasteiger partial charge in [0, 0.05) is 29.8 Å². The van der Waals surface area contributed by atoms with Gasteiger partial charge < -0.3 is 9.09 Å². The molecule has 7 heteroatoms. The average Bonchev–Trinajstić information content (AvgIpc) is 3.39. The zero-order valence-corrected chi connectivity index (χ0v) is 16.5. The number of hydrogen-bond acceptors (Lipinski definition) is 6. The Bertz CT molecular complexity index is 1010. The molecule has 0 aliphatic carbocycles. The highest BCUT2D eigenvalue weighted by atomic mass is 32.2. The summed E-state index contributed by atoms with van der Waals surface area (Å²) in [6, 6.07) is 20.0. The Morgan fingerprint density at radius 3 is 2.36 bits per heavy atom. The molecular weight excluding hydrogens is 370 g/mol. The van der Waals surface area contributed by atoms with Gasteiger partial charge >= 0.3 is 0 Å². The van der Waals surface area contributed by atoms with Crippen LogP contribution in [0, 0.1) is 0 Å². The lowest BCUT2D eigenvalue weighted by Gasteiger charge is -2.06. The molecule has 0 atom stereocenters. The van der Waals surface area contributed by atoms with Gasteiger partial charge in [-0.3, -0.25) is 0 Å². The fraction of sp³-hybridized carbons (Fsp3) is 0.238. The maximum atomic E-state index is 5.37. The normalized spacial score (nSPS) is 11.0. The molecule has 142 valence electrons. The van der Waals surface area contributed by atoms with E-state index in [-0.39, 0.29) is 0 Å². The van der Waals surface area contributed by atoms with Crippen molar-refractivity contribution in [3.05, 3.63) is 66.6 Å². The summed E-state index contributed by atoms with van der Waals surface area (Å²) in [5, 5.41) is 13.8. The zero-order chi connectivity index (χ0) is 19.2. The van der Waals surface area contributed by atoms with Crippen LogP contribution >= 0.6 is 11.8 Å². The largest absolute Gasteiger partial charge is 0.339 e. The van der Waals surface area contributed by atoms with Crippen LogP contribution < -0.4 is 0 Å². The van der Waals surface area contributed by atoms with Crippen LogP contribution in [0.15, 0.2) is 70.3 Å². The van der Waals surface area contributed by atoms with Crippen molar-refractivity contribution in [2.75, 3.05) is 5.75 Å². The summed E-state index contributed by atoms with van der Waals surface area (Å²) < 4.78 is 7.53. The average molecular weight is 392 g/mol. The minimum absolute atomic E-state index is 0.640. The molecule has 0 saturated heterocycles. The van der Waals surface area contributed by atoms with Crippen LogP contribution in [0.3, 0.4) is 0 Å². The van der Waals surface area contributed by atoms with Crippen LogP contribution in [0.4, 0.5) is 0 Å². The maximum absolute atomic E-state index is 5.37. The molecule has 0 saturated carbocycles. The van der Waals surface area contributed by atoms with Crippen molar-refractivity contribution in [1.82, 2.24) is 24.9 Å². The number of rotatable bonds is 8. The molecule has 4 aromatic rings. The summed E-state index contributed by atoms with van der Waals surface area (Å²) in [5.74, 6) is 3.13. The van der Waals surface area contributed by atoms with E-state index in [1.54, 1.807) is 11.8 Å². The van der Waals surface area contributed by atoms with Gasteiger partial charge in [-0.25, -0.2) is 0 Å². The minimum Gasteiger partial charge on any atom is -0.339 e. The van der Waals surface area contributed by atoms with Crippen LogP contribution in [0.2, 0.25) is 0 Å². The van der Waals surface area contributed by atoms with Crippen molar-refractivity contribution in [2.45, 2.75) is 31.5 Å². The molecule has 0 spiro atoms. The first kappa shape index (κ1) is 18.4. The summed E-state index contributed by atoms with van der Waals surface area (Å²) in [7, 11) is 0. The molecule has 0 aliphatic rings. The standard InChI is InChI=1S/C21H21N5OS/c1-2-26-20(17-12-7-4-8-13-17)23-24-21(26)28-15-9-14-18-22-19(25-27-18)16-10-5-3-6-11-16/h3-8,10-13H,2,9,14-15H2,1H3. The first-order valence-corrected chi connectivity index (χ1v) is 10.3. The smallest absolute Gasteiger partial charge is 0.226 e. The Hall–Kier alpha value is -2.93. The number of benzene rings is 2. The van der Waals surface area contributed by atoms with Crippen LogP contribution in [-0.2, 0) is 13.0 Å². The predicted molar refractivity (Wildman–Crippen MR) is 110 cm³/mol. The zero-order valence-electron chi connectivity index (χ0n) is 15.7. The second-order valence-corrected chi connectivity index (χ2v) is 7.31. The maximum Gasteiger partial charge on any atom is 0.226 e. The molecule has 2 aromatic carbocycles. The van der Waals surface area contributed by atoms with E-state index in [4.69, 9.17) is 4.52 Å². The fourth-order valence-corrected chi connectivity index (χ4v) is 3.87. The third-order valence-corrected chi connectivity index (χ3v) is 5.38. The van der Waals surface area contributed by atoms with E-state index in [0.29, 0.717) is 11.7 Å². The molecule has 0 amide bonds. The lowest BCUT2D eigenvalue weighted by molar-refractivity contribution is 0.378. The number of nitrogens with zero attached hydrogens (tertiary/aromatic N) is 5. The van der Waals surface area contributed by atoms with E-state index in [1.807, 2.05) is 48.5 Å². The molecule has 0 radical (unpaired) electrons. The fourth-order valence-electron chi connectivity index (χ4n) is 2.93. The van der Waals surface area contributed by atoms with Crippen molar-refractivity contribution >= 4 is 11.8 Å². The highest BCUT2D eigenvalue weighted by Gasteiger charge is 2.13. The quantitative estimate of drug-likeness (QED) is 0.319. The molecule has 0 bridgehead atoms. The Morgan fingerprint density at radius 1 is 0.929 bits per heavy atom. The lowest BCUT2D eigenvalue weighted by Crippen LogP contribution is -2.00. The predicted octanol–water partition coefficient (Wildman–Crippen LogP) is 4.74. The number of thioether (sulfide) groups is 1. The van der Waals surface area contributed by atoms with Gasteiger partial charge in [-0.05, 0) is 13.3 Å². The SMILES string of the molecule is CCn1c(SCCCc2nc(-c3ccccc3)no2)nnc1-c1ccccc1. The molecular formula is C21H21N5OS.